The second kappa shape index (κ2) is 7.36. The average Bonchev–Trinajstić information content (AvgIpc) is 3.02. The third-order valence-corrected chi connectivity index (χ3v) is 3.69. The van der Waals surface area contributed by atoms with Crippen molar-refractivity contribution in [2.24, 2.45) is 0 Å². The molecule has 0 unspecified atom stereocenters. The number of hydrogen-bond donors (Lipinski definition) is 1. The van der Waals surface area contributed by atoms with Crippen LogP contribution in [0.3, 0.4) is 0 Å². The van der Waals surface area contributed by atoms with Crippen molar-refractivity contribution in [3.05, 3.63) is 61.8 Å². The maximum Gasteiger partial charge on any atom is 0.353 e. The van der Waals surface area contributed by atoms with Crippen LogP contribution in [0, 0.1) is 10.1 Å². The van der Waals surface area contributed by atoms with Crippen LogP contribution in [-0.2, 0) is 11.3 Å². The molecule has 1 aromatic carbocycles. The van der Waals surface area contributed by atoms with E-state index in [4.69, 9.17) is 4.74 Å². The van der Waals surface area contributed by atoms with Crippen molar-refractivity contribution in [3.63, 3.8) is 0 Å². The van der Waals surface area contributed by atoms with Gasteiger partial charge < -0.3 is 14.7 Å². The molecule has 0 amide bonds. The molecule has 0 aliphatic heterocycles. The van der Waals surface area contributed by atoms with Crippen molar-refractivity contribution in [1.29, 1.82) is 0 Å². The first-order valence-corrected chi connectivity index (χ1v) is 7.25. The maximum atomic E-state index is 12.0. The van der Waals surface area contributed by atoms with Crippen LogP contribution >= 0.6 is 11.3 Å². The molecule has 0 saturated carbocycles. The highest BCUT2D eigenvalue weighted by atomic mass is 32.1. The Balaban J connectivity index is 2.26. The fourth-order valence-electron chi connectivity index (χ4n) is 1.89. The normalized spacial score (nSPS) is 10.1. The molecule has 1 aromatic heterocycles. The largest absolute Gasteiger partial charge is 0.478 e. The van der Waals surface area contributed by atoms with Gasteiger partial charge in [-0.25, -0.2) is 9.59 Å². The van der Waals surface area contributed by atoms with Crippen molar-refractivity contribution < 1.29 is 29.4 Å². The average molecular weight is 337 g/mol. The number of rotatable bonds is 7. The quantitative estimate of drug-likeness (QED) is 0.357. The molecule has 8 nitrogen and oxygen atoms in total. The van der Waals surface area contributed by atoms with Crippen molar-refractivity contribution in [2.45, 2.75) is 6.42 Å². The summed E-state index contributed by atoms with van der Waals surface area (Å²) in [4.78, 5) is 38.0. The van der Waals surface area contributed by atoms with Crippen molar-refractivity contribution in [2.75, 3.05) is 6.61 Å². The summed E-state index contributed by atoms with van der Waals surface area (Å²) < 4.78 is 5.22. The van der Waals surface area contributed by atoms with Crippen LogP contribution in [0.4, 0.5) is 0 Å². The van der Waals surface area contributed by atoms with Gasteiger partial charge in [0.25, 0.3) is 5.09 Å². The molecule has 0 aliphatic carbocycles. The first-order chi connectivity index (χ1) is 11.0. The molecule has 9 heteroatoms. The number of nitrogens with zero attached hydrogens (tertiary/aromatic N) is 1. The number of carboxylic acid groups (broad SMARTS) is 1. The van der Waals surface area contributed by atoms with Crippen LogP contribution in [0.2, 0.25) is 0 Å². The van der Waals surface area contributed by atoms with Gasteiger partial charge in [0.05, 0.1) is 5.56 Å². The van der Waals surface area contributed by atoms with Gasteiger partial charge in [0, 0.05) is 12.0 Å². The molecule has 23 heavy (non-hydrogen) atoms. The number of hydrogen-bond acceptors (Lipinski definition) is 7. The molecular weight excluding hydrogens is 326 g/mol. The van der Waals surface area contributed by atoms with E-state index < -0.39 is 17.0 Å². The molecule has 0 bridgehead atoms. The van der Waals surface area contributed by atoms with Crippen LogP contribution in [-0.4, -0.2) is 28.7 Å². The van der Waals surface area contributed by atoms with E-state index in [1.807, 2.05) is 0 Å². The van der Waals surface area contributed by atoms with Gasteiger partial charge in [-0.3, -0.25) is 0 Å². The minimum Gasteiger partial charge on any atom is -0.478 e. The zero-order chi connectivity index (χ0) is 16.8. The third kappa shape index (κ3) is 4.27. The van der Waals surface area contributed by atoms with Gasteiger partial charge >= 0.3 is 11.9 Å². The molecule has 2 aromatic rings. The van der Waals surface area contributed by atoms with Crippen LogP contribution in [0.15, 0.2) is 35.7 Å². The van der Waals surface area contributed by atoms with Crippen molar-refractivity contribution in [1.82, 2.24) is 0 Å². The summed E-state index contributed by atoms with van der Waals surface area (Å²) in [7, 11) is 0. The van der Waals surface area contributed by atoms with Gasteiger partial charge in [0.1, 0.15) is 17.2 Å². The Hall–Kier alpha value is -2.94. The van der Waals surface area contributed by atoms with E-state index in [0.717, 1.165) is 0 Å². The molecule has 0 spiro atoms. The predicted octanol–water partition coefficient (Wildman–Crippen LogP) is 2.42. The van der Waals surface area contributed by atoms with Gasteiger partial charge in [0.15, 0.2) is 0 Å². The summed E-state index contributed by atoms with van der Waals surface area (Å²) in [6.45, 7) is -0.346. The Morgan fingerprint density at radius 1 is 1.26 bits per heavy atom. The first-order valence-electron chi connectivity index (χ1n) is 6.37. The molecule has 120 valence electrons. The zero-order valence-electron chi connectivity index (χ0n) is 11.6. The summed E-state index contributed by atoms with van der Waals surface area (Å²) in [5.41, 5.74) is 0.0557. The predicted molar refractivity (Wildman–Crippen MR) is 79.3 cm³/mol. The van der Waals surface area contributed by atoms with Crippen molar-refractivity contribution >= 4 is 23.3 Å². The number of benzene rings is 1. The molecule has 0 atom stereocenters. The van der Waals surface area contributed by atoms with Crippen LogP contribution < -0.4 is 4.74 Å². The van der Waals surface area contributed by atoms with Gasteiger partial charge in [0.2, 0.25) is 0 Å². The molecule has 0 saturated heterocycles. The summed E-state index contributed by atoms with van der Waals surface area (Å²) in [5, 5.41) is 20.1. The fraction of sp³-hybridized carbons (Fsp3) is 0.143. The smallest absolute Gasteiger partial charge is 0.353 e. The number of ether oxygens (including phenoxy) is 1. The first kappa shape index (κ1) is 16.4. The Morgan fingerprint density at radius 3 is 2.65 bits per heavy atom. The summed E-state index contributed by atoms with van der Waals surface area (Å²) in [6, 6.07) is 7.44. The number of thiophene rings is 1. The highest BCUT2D eigenvalue weighted by Crippen LogP contribution is 2.25. The van der Waals surface area contributed by atoms with E-state index in [9.17, 15) is 24.8 Å². The van der Waals surface area contributed by atoms with Gasteiger partial charge in [-0.15, -0.1) is 21.5 Å². The van der Waals surface area contributed by atoms with E-state index in [1.165, 1.54) is 29.5 Å². The second-order valence-corrected chi connectivity index (χ2v) is 5.21. The number of carbonyl (C=O) groups excluding carboxylic acids is 1. The lowest BCUT2D eigenvalue weighted by molar-refractivity contribution is -0.757. The third-order valence-electron chi connectivity index (χ3n) is 2.84. The molecule has 2 rings (SSSR count). The van der Waals surface area contributed by atoms with Crippen molar-refractivity contribution in [3.8, 4) is 5.75 Å². The summed E-state index contributed by atoms with van der Waals surface area (Å²) in [6.07, 6.45) is -0.0868. The highest BCUT2D eigenvalue weighted by molar-refractivity contribution is 7.12. The Bertz CT molecular complexity index is 727. The number of esters is 1. The van der Waals surface area contributed by atoms with Gasteiger partial charge in [-0.2, -0.15) is 0 Å². The van der Waals surface area contributed by atoms with E-state index in [-0.39, 0.29) is 29.9 Å². The molecule has 1 N–H and O–H groups in total. The fourth-order valence-corrected chi connectivity index (χ4v) is 2.49. The lowest BCUT2D eigenvalue weighted by Gasteiger charge is -2.12. The lowest BCUT2D eigenvalue weighted by Crippen LogP contribution is -2.13. The number of carbonyl (C=O) groups is 2. The van der Waals surface area contributed by atoms with Crippen LogP contribution in [0.25, 0.3) is 0 Å². The van der Waals surface area contributed by atoms with Crippen LogP contribution in [0.1, 0.15) is 25.6 Å². The molecule has 1 heterocycles. The summed E-state index contributed by atoms with van der Waals surface area (Å²) >= 11 is 1.18. The van der Waals surface area contributed by atoms with Gasteiger partial charge in [-0.1, -0.05) is 12.1 Å². The Kier molecular flexibility index (Phi) is 5.26. The highest BCUT2D eigenvalue weighted by Gasteiger charge is 2.18. The second-order valence-electron chi connectivity index (χ2n) is 4.26. The molecule has 0 fully saturated rings. The number of aromatic carboxylic acids is 1. The van der Waals surface area contributed by atoms with E-state index >= 15 is 0 Å². The van der Waals surface area contributed by atoms with Gasteiger partial charge in [-0.05, 0) is 23.6 Å². The lowest BCUT2D eigenvalue weighted by atomic mass is 10.0. The Labute approximate surface area is 134 Å². The molecule has 0 aliphatic rings. The minimum absolute atomic E-state index is 0.0373. The standard InChI is InChI=1S/C14H11NO7S/c16-13(17)10-3-1-4-11(9(10)6-7-21-15(19)20)22-14(18)12-5-2-8-23-12/h1-5,8H,6-7H2,(H,16,17). The van der Waals surface area contributed by atoms with E-state index in [2.05, 4.69) is 4.84 Å². The zero-order valence-corrected chi connectivity index (χ0v) is 12.4. The maximum absolute atomic E-state index is 12.0. The monoisotopic (exact) mass is 337 g/mol. The number of carboxylic acids is 1. The van der Waals surface area contributed by atoms with Crippen LogP contribution in [0.5, 0.6) is 5.75 Å². The Morgan fingerprint density at radius 2 is 2.04 bits per heavy atom. The summed E-state index contributed by atoms with van der Waals surface area (Å²) in [5.74, 6) is -1.82. The van der Waals surface area contributed by atoms with E-state index in [0.29, 0.717) is 4.88 Å². The SMILES string of the molecule is O=C(Oc1cccc(C(=O)O)c1CCO[N+](=O)[O-])c1cccs1. The topological polar surface area (TPSA) is 116 Å². The minimum atomic E-state index is -1.23. The molecule has 0 radical (unpaired) electrons. The molecular formula is C14H11NO7S. The van der Waals surface area contributed by atoms with E-state index in [1.54, 1.807) is 17.5 Å².